The number of carbonyl (C=O) groups excluding carboxylic acids is 3. The maximum Gasteiger partial charge on any atom is 0.307 e. The Bertz CT molecular complexity index is 3380. The molecule has 0 bridgehead atoms. The molecule has 0 aliphatic rings. The molecule has 2 aromatic heterocycles. The zero-order valence-electron chi connectivity index (χ0n) is 42.5. The van der Waals surface area contributed by atoms with Gasteiger partial charge in [-0.05, 0) is 134 Å². The largest absolute Gasteiger partial charge is 0.481 e. The van der Waals surface area contributed by atoms with Crippen LogP contribution in [0.2, 0.25) is 0 Å². The van der Waals surface area contributed by atoms with Gasteiger partial charge in [0.2, 0.25) is 30.1 Å². The third-order valence-electron chi connectivity index (χ3n) is 11.5. The summed E-state index contributed by atoms with van der Waals surface area (Å²) >= 11 is 6.61. The number of carboxylic acid groups (broad SMARTS) is 1. The number of nitrogens with zero attached hydrogens (tertiary/aromatic N) is 2. The van der Waals surface area contributed by atoms with E-state index in [9.17, 15) is 37.6 Å². The lowest BCUT2D eigenvalue weighted by Crippen LogP contribution is -2.27. The van der Waals surface area contributed by atoms with Crippen LogP contribution in [-0.2, 0) is 64.5 Å². The third kappa shape index (κ3) is 22.4. The van der Waals surface area contributed by atoms with Crippen LogP contribution in [0.1, 0.15) is 38.9 Å². The summed E-state index contributed by atoms with van der Waals surface area (Å²) in [4.78, 5) is 50.0. The Kier molecular flexibility index (Phi) is 23.7. The van der Waals surface area contributed by atoms with E-state index in [1.807, 2.05) is 97.1 Å². The van der Waals surface area contributed by atoms with Gasteiger partial charge in [-0.15, -0.1) is 0 Å². The number of hydrogen-bond acceptors (Lipinski definition) is 6. The number of carbonyl (C=O) groups is 4. The smallest absolute Gasteiger partial charge is 0.307 e. The molecule has 0 spiro atoms. The number of carboxylic acids is 1. The zero-order chi connectivity index (χ0) is 56.4. The highest BCUT2D eigenvalue weighted by molar-refractivity contribution is 9.10. The van der Waals surface area contributed by atoms with E-state index in [1.54, 1.807) is 85.5 Å². The van der Waals surface area contributed by atoms with Crippen LogP contribution in [0.5, 0.6) is 0 Å². The summed E-state index contributed by atoms with van der Waals surface area (Å²) in [6.07, 6.45) is 7.60. The number of rotatable bonds is 16. The minimum Gasteiger partial charge on any atom is -0.481 e. The zero-order valence-corrected chi connectivity index (χ0v) is 45.7. The first kappa shape index (κ1) is 59.5. The van der Waals surface area contributed by atoms with Crippen molar-refractivity contribution in [2.45, 2.75) is 45.3 Å². The molecule has 9 rings (SSSR count). The fourth-order valence-corrected chi connectivity index (χ4v) is 7.98. The molecule has 0 fully saturated rings. The van der Waals surface area contributed by atoms with E-state index in [1.165, 1.54) is 36.4 Å². The van der Waals surface area contributed by atoms with Gasteiger partial charge in [0, 0.05) is 57.8 Å². The molecule has 16 heteroatoms. The molecule has 2 heterocycles. The van der Waals surface area contributed by atoms with Gasteiger partial charge in [0.1, 0.15) is 17.5 Å². The topological polar surface area (TPSA) is 162 Å². The average molecular weight is 1190 g/mol. The van der Waals surface area contributed by atoms with Gasteiger partial charge in [-0.3, -0.25) is 29.4 Å². The third-order valence-corrected chi connectivity index (χ3v) is 12.5. The Morgan fingerprint density at radius 2 is 0.709 bits per heavy atom. The number of aliphatic carboxylic acids is 1. The van der Waals surface area contributed by atoms with E-state index in [-0.39, 0.29) is 48.0 Å². The first-order chi connectivity index (χ1) is 38.1. The van der Waals surface area contributed by atoms with Crippen molar-refractivity contribution < 1.29 is 47.4 Å². The van der Waals surface area contributed by atoms with Crippen molar-refractivity contribution in [3.63, 3.8) is 0 Å². The summed E-state index contributed by atoms with van der Waals surface area (Å²) in [5.41, 5.74) is 9.98. The average Bonchev–Trinajstić information content (AvgIpc) is 3.45. The van der Waals surface area contributed by atoms with E-state index in [0.717, 1.165) is 74.9 Å². The number of aromatic nitrogens is 2. The molecular weight excluding hydrogens is 1140 g/mol. The van der Waals surface area contributed by atoms with Gasteiger partial charge in [-0.1, -0.05) is 141 Å². The lowest BCUT2D eigenvalue weighted by Gasteiger charge is -2.07. The van der Waals surface area contributed by atoms with Crippen molar-refractivity contribution in [1.82, 2.24) is 20.9 Å². The summed E-state index contributed by atoms with van der Waals surface area (Å²) in [5, 5.41) is 26.0. The molecule has 0 saturated carbocycles. The molecule has 11 nitrogen and oxygen atoms in total. The molecule has 0 atom stereocenters. The molecule has 3 amide bonds. The van der Waals surface area contributed by atoms with Gasteiger partial charge < -0.3 is 21.1 Å². The summed E-state index contributed by atoms with van der Waals surface area (Å²) < 4.78 is 42.1. The lowest BCUT2D eigenvalue weighted by atomic mass is 10.0. The van der Waals surface area contributed by atoms with Gasteiger partial charge in [0.15, 0.2) is 0 Å². The Labute approximate surface area is 473 Å². The van der Waals surface area contributed by atoms with Crippen molar-refractivity contribution >= 4 is 55.6 Å². The van der Waals surface area contributed by atoms with E-state index in [2.05, 4.69) is 52.8 Å². The molecule has 9 aromatic rings. The molecule has 0 unspecified atom stereocenters. The van der Waals surface area contributed by atoms with Gasteiger partial charge in [0.25, 0.3) is 0 Å². The molecule has 5 N–H and O–H groups in total. The first-order valence-corrected chi connectivity index (χ1v) is 26.2. The number of amides is 3. The van der Waals surface area contributed by atoms with Gasteiger partial charge in [-0.2, -0.15) is 0 Å². The highest BCUT2D eigenvalue weighted by Gasteiger charge is 2.09. The number of benzene rings is 7. The number of hydrogen-bond donors (Lipinski definition) is 5. The van der Waals surface area contributed by atoms with Crippen molar-refractivity contribution in [3.8, 4) is 22.3 Å². The molecule has 0 aliphatic heterocycles. The van der Waals surface area contributed by atoms with Crippen molar-refractivity contribution in [1.29, 1.82) is 0 Å². The second-order valence-corrected chi connectivity index (χ2v) is 19.5. The fraction of sp³-hybridized carbons (Fsp3) is 0.111. The van der Waals surface area contributed by atoms with Crippen LogP contribution in [0.3, 0.4) is 0 Å². The summed E-state index contributed by atoms with van der Waals surface area (Å²) in [7, 11) is 0. The normalized spacial score (nSPS) is 10.2. The predicted octanol–water partition coefficient (Wildman–Crippen LogP) is 12.1. The Balaban J connectivity index is 0.000000176. The number of nitrogens with one attached hydrogen (secondary N) is 3. The highest BCUT2D eigenvalue weighted by Crippen LogP contribution is 2.21. The number of halogens is 5. The monoisotopic (exact) mass is 1190 g/mol. The van der Waals surface area contributed by atoms with Crippen LogP contribution in [-0.4, -0.2) is 39.0 Å². The second-order valence-electron chi connectivity index (χ2n) is 17.7. The maximum absolute atomic E-state index is 13.1. The van der Waals surface area contributed by atoms with Crippen LogP contribution in [0.4, 0.5) is 13.2 Å². The standard InChI is InChI=1S/C20H17FN2O2.C20H17FN2O.C15H13BrFNO.C8H7BrO2/c21-19-3-1-2-16(12-19)14-22-20(24)13-15-4-6-17(7-5-15)18-8-10-23(25)11-9-18;21-19-3-1-2-16(12-19)14-23-20(24)13-15-4-6-17(7-5-15)18-8-10-22-11-9-18;16-13-6-4-11(5-7-13)9-15(19)18-10-12-2-1-3-14(17)8-12;9-7-3-1-6(2-4-7)5-8(10)11/h1-12H,13-14H2,(H-,22,24,25);1-12H,13-14H2,(H,23,24);1-8H,9-10H2,(H,18,19);1-4H,5H2,(H,10,11)/p+1. The molecule has 402 valence electrons. The fourth-order valence-electron chi connectivity index (χ4n) is 7.45. The van der Waals surface area contributed by atoms with E-state index < -0.39 is 5.97 Å². The minimum atomic E-state index is -0.799. The van der Waals surface area contributed by atoms with Crippen LogP contribution >= 0.6 is 31.9 Å². The maximum atomic E-state index is 13.1. The first-order valence-electron chi connectivity index (χ1n) is 24.7. The van der Waals surface area contributed by atoms with Crippen molar-refractivity contribution in [3.05, 3.63) is 284 Å². The molecule has 0 aliphatic carbocycles. The van der Waals surface area contributed by atoms with Crippen molar-refractivity contribution in [2.24, 2.45) is 0 Å². The minimum absolute atomic E-state index is 0.0772. The summed E-state index contributed by atoms with van der Waals surface area (Å²) in [5.74, 6) is -1.98. The number of pyridine rings is 2. The van der Waals surface area contributed by atoms with Gasteiger partial charge >= 0.3 is 5.97 Å². The van der Waals surface area contributed by atoms with E-state index >= 15 is 0 Å². The summed E-state index contributed by atoms with van der Waals surface area (Å²) in [6, 6.07) is 56.5. The van der Waals surface area contributed by atoms with E-state index in [4.69, 9.17) is 5.11 Å². The molecule has 0 saturated heterocycles. The van der Waals surface area contributed by atoms with E-state index in [0.29, 0.717) is 32.5 Å². The van der Waals surface area contributed by atoms with Crippen molar-refractivity contribution in [2.75, 3.05) is 0 Å². The van der Waals surface area contributed by atoms with Crippen LogP contribution in [0.25, 0.3) is 22.3 Å². The van der Waals surface area contributed by atoms with Crippen LogP contribution in [0, 0.1) is 17.5 Å². The lowest BCUT2D eigenvalue weighted by molar-refractivity contribution is -0.904. The SMILES string of the molecule is O=C(Cc1ccc(-c2cc[n+](O)cc2)cc1)NCc1cccc(F)c1.O=C(Cc1ccc(-c2ccncc2)cc1)NCc1cccc(F)c1.O=C(Cc1ccc(Br)cc1)NCc1cccc(F)c1.O=C(O)Cc1ccc(Br)cc1. The van der Waals surface area contributed by atoms with Crippen LogP contribution < -0.4 is 20.7 Å². The Hall–Kier alpha value is -8.73. The molecule has 7 aromatic carbocycles. The van der Waals surface area contributed by atoms with Gasteiger partial charge in [0.05, 0.1) is 25.7 Å². The quantitative estimate of drug-likeness (QED) is 0.0475. The summed E-state index contributed by atoms with van der Waals surface area (Å²) in [6.45, 7) is 0.971. The van der Waals surface area contributed by atoms with Crippen LogP contribution in [0.15, 0.2) is 228 Å². The molecule has 0 radical (unpaired) electrons. The Morgan fingerprint density at radius 3 is 1.04 bits per heavy atom. The predicted molar refractivity (Wildman–Crippen MR) is 304 cm³/mol. The Morgan fingerprint density at radius 1 is 0.405 bits per heavy atom. The highest BCUT2D eigenvalue weighted by atomic mass is 79.9. The molecule has 79 heavy (non-hydrogen) atoms. The van der Waals surface area contributed by atoms with Gasteiger partial charge in [-0.25, -0.2) is 13.2 Å². The molecular formula is C63H55Br2F3N5O6+. The second kappa shape index (κ2) is 31.5.